The second-order valence-electron chi connectivity index (χ2n) is 4.99. The molecule has 0 aliphatic carbocycles. The normalized spacial score (nSPS) is 11.4. The predicted molar refractivity (Wildman–Crippen MR) is 99.0 cm³/mol. The second-order valence-corrected chi connectivity index (χ2v) is 8.31. The second kappa shape index (κ2) is 6.65. The van der Waals surface area contributed by atoms with E-state index < -0.39 is 0 Å². The molecule has 0 fully saturated rings. The van der Waals surface area contributed by atoms with E-state index in [2.05, 4.69) is 67.2 Å². The van der Waals surface area contributed by atoms with E-state index in [0.29, 0.717) is 0 Å². The van der Waals surface area contributed by atoms with E-state index in [9.17, 15) is 0 Å². The Bertz CT molecular complexity index is 761. The third kappa shape index (κ3) is 3.11. The van der Waals surface area contributed by atoms with Crippen molar-refractivity contribution >= 4 is 54.1 Å². The molecule has 0 saturated carbocycles. The SMILES string of the molecule is NCCCCc1c(-c2ccc(Br)s2)[nH]c2c(Br)cccc12. The number of benzene rings is 1. The first-order valence-electron chi connectivity index (χ1n) is 6.95. The molecule has 0 bridgehead atoms. The van der Waals surface area contributed by atoms with Gasteiger partial charge < -0.3 is 10.7 Å². The van der Waals surface area contributed by atoms with Crippen molar-refractivity contribution < 1.29 is 0 Å². The zero-order valence-electron chi connectivity index (χ0n) is 11.5. The molecule has 0 amide bonds. The lowest BCUT2D eigenvalue weighted by Gasteiger charge is -2.03. The summed E-state index contributed by atoms with van der Waals surface area (Å²) in [7, 11) is 0. The standard InChI is InChI=1S/C16H16Br2N2S/c17-12-6-3-5-10-11(4-1-2-9-19)16(20-15(10)12)13-7-8-14(18)21-13/h3,5-8,20H,1-2,4,9,19H2. The molecule has 3 N–H and O–H groups in total. The van der Waals surface area contributed by atoms with Crippen LogP contribution in [0.1, 0.15) is 18.4 Å². The molecule has 2 aromatic heterocycles. The maximum atomic E-state index is 5.64. The topological polar surface area (TPSA) is 41.8 Å². The summed E-state index contributed by atoms with van der Waals surface area (Å²) in [4.78, 5) is 4.87. The van der Waals surface area contributed by atoms with Crippen LogP contribution in [0.5, 0.6) is 0 Å². The zero-order valence-corrected chi connectivity index (χ0v) is 15.4. The molecule has 3 rings (SSSR count). The van der Waals surface area contributed by atoms with E-state index in [1.165, 1.54) is 27.0 Å². The molecule has 2 heterocycles. The Kier molecular flexibility index (Phi) is 4.84. The van der Waals surface area contributed by atoms with Crippen LogP contribution in [0.3, 0.4) is 0 Å². The van der Waals surface area contributed by atoms with E-state index in [1.807, 2.05) is 0 Å². The number of hydrogen-bond donors (Lipinski definition) is 2. The minimum Gasteiger partial charge on any atom is -0.353 e. The first kappa shape index (κ1) is 15.3. The van der Waals surface area contributed by atoms with Crippen LogP contribution in [-0.2, 0) is 6.42 Å². The van der Waals surface area contributed by atoms with Gasteiger partial charge in [-0.1, -0.05) is 12.1 Å². The largest absolute Gasteiger partial charge is 0.353 e. The lowest BCUT2D eigenvalue weighted by molar-refractivity contribution is 0.748. The molecule has 0 aliphatic rings. The Morgan fingerprint density at radius 1 is 1.10 bits per heavy atom. The van der Waals surface area contributed by atoms with E-state index in [-0.39, 0.29) is 0 Å². The molecule has 0 unspecified atom stereocenters. The number of fused-ring (bicyclic) bond motifs is 1. The summed E-state index contributed by atoms with van der Waals surface area (Å²) >= 11 is 8.96. The number of halogens is 2. The van der Waals surface area contributed by atoms with Crippen molar-refractivity contribution in [2.24, 2.45) is 5.73 Å². The zero-order chi connectivity index (χ0) is 14.8. The highest BCUT2D eigenvalue weighted by Crippen LogP contribution is 2.38. The number of nitrogens with one attached hydrogen (secondary N) is 1. The Morgan fingerprint density at radius 3 is 2.67 bits per heavy atom. The molecule has 1 aromatic carbocycles. The van der Waals surface area contributed by atoms with Crippen LogP contribution >= 0.6 is 43.2 Å². The highest BCUT2D eigenvalue weighted by Gasteiger charge is 2.15. The summed E-state index contributed by atoms with van der Waals surface area (Å²) in [5.74, 6) is 0. The minimum absolute atomic E-state index is 0.756. The van der Waals surface area contributed by atoms with Gasteiger partial charge >= 0.3 is 0 Å². The Balaban J connectivity index is 2.12. The van der Waals surface area contributed by atoms with Crippen LogP contribution in [0.15, 0.2) is 38.6 Å². The molecule has 0 spiro atoms. The van der Waals surface area contributed by atoms with E-state index in [4.69, 9.17) is 5.73 Å². The number of H-pyrrole nitrogens is 1. The van der Waals surface area contributed by atoms with Gasteiger partial charge in [-0.2, -0.15) is 0 Å². The van der Waals surface area contributed by atoms with Crippen molar-refractivity contribution in [2.45, 2.75) is 19.3 Å². The Morgan fingerprint density at radius 2 is 1.95 bits per heavy atom. The Hall–Kier alpha value is -0.620. The van der Waals surface area contributed by atoms with Gasteiger partial charge in [0.2, 0.25) is 0 Å². The van der Waals surface area contributed by atoms with Gasteiger partial charge in [0.1, 0.15) is 0 Å². The maximum Gasteiger partial charge on any atom is 0.0705 e. The number of nitrogens with two attached hydrogens (primary N) is 1. The molecule has 0 atom stereocenters. The van der Waals surface area contributed by atoms with Gasteiger partial charge in [0.25, 0.3) is 0 Å². The Labute approximate surface area is 145 Å². The lowest BCUT2D eigenvalue weighted by Crippen LogP contribution is -1.99. The molecule has 2 nitrogen and oxygen atoms in total. The van der Waals surface area contributed by atoms with Gasteiger partial charge in [0.15, 0.2) is 0 Å². The van der Waals surface area contributed by atoms with Crippen LogP contribution in [-0.4, -0.2) is 11.5 Å². The molecule has 3 aromatic rings. The predicted octanol–water partition coefficient (Wildman–Crippen LogP) is 5.70. The van der Waals surface area contributed by atoms with Gasteiger partial charge in [-0.25, -0.2) is 0 Å². The third-order valence-electron chi connectivity index (χ3n) is 3.59. The van der Waals surface area contributed by atoms with Crippen LogP contribution in [0.25, 0.3) is 21.5 Å². The van der Waals surface area contributed by atoms with Crippen molar-refractivity contribution in [3.63, 3.8) is 0 Å². The van der Waals surface area contributed by atoms with Crippen LogP contribution in [0, 0.1) is 0 Å². The fraction of sp³-hybridized carbons (Fsp3) is 0.250. The minimum atomic E-state index is 0.756. The van der Waals surface area contributed by atoms with Gasteiger partial charge in [0, 0.05) is 9.86 Å². The summed E-state index contributed by atoms with van der Waals surface area (Å²) < 4.78 is 2.27. The van der Waals surface area contributed by atoms with Crippen molar-refractivity contribution in [2.75, 3.05) is 6.54 Å². The maximum absolute atomic E-state index is 5.64. The van der Waals surface area contributed by atoms with Crippen LogP contribution in [0.4, 0.5) is 0 Å². The lowest BCUT2D eigenvalue weighted by atomic mass is 10.0. The molecular formula is C16H16Br2N2S. The number of aromatic amines is 1. The molecule has 0 radical (unpaired) electrons. The van der Waals surface area contributed by atoms with Crippen LogP contribution < -0.4 is 5.73 Å². The van der Waals surface area contributed by atoms with Crippen molar-refractivity contribution in [3.8, 4) is 10.6 Å². The third-order valence-corrected chi connectivity index (χ3v) is 5.89. The van der Waals surface area contributed by atoms with Crippen molar-refractivity contribution in [1.82, 2.24) is 4.98 Å². The summed E-state index contributed by atoms with van der Waals surface area (Å²) in [6, 6.07) is 10.6. The molecule has 5 heteroatoms. The van der Waals surface area contributed by atoms with Gasteiger partial charge in [0.05, 0.1) is 19.9 Å². The number of aryl methyl sites for hydroxylation is 1. The van der Waals surface area contributed by atoms with Crippen LogP contribution in [0.2, 0.25) is 0 Å². The van der Waals surface area contributed by atoms with E-state index in [1.54, 1.807) is 11.3 Å². The average Bonchev–Trinajstić information content (AvgIpc) is 3.04. The first-order chi connectivity index (χ1) is 10.2. The van der Waals surface area contributed by atoms with Crippen molar-refractivity contribution in [1.29, 1.82) is 0 Å². The number of aromatic nitrogens is 1. The molecule has 21 heavy (non-hydrogen) atoms. The number of rotatable bonds is 5. The highest BCUT2D eigenvalue weighted by molar-refractivity contribution is 9.11. The van der Waals surface area contributed by atoms with Crippen molar-refractivity contribution in [3.05, 3.63) is 44.2 Å². The van der Waals surface area contributed by atoms with Gasteiger partial charge in [-0.15, -0.1) is 11.3 Å². The monoisotopic (exact) mass is 426 g/mol. The number of hydrogen-bond acceptors (Lipinski definition) is 2. The molecular weight excluding hydrogens is 412 g/mol. The average molecular weight is 428 g/mol. The highest BCUT2D eigenvalue weighted by atomic mass is 79.9. The van der Waals surface area contributed by atoms with Gasteiger partial charge in [-0.3, -0.25) is 0 Å². The number of unbranched alkanes of at least 4 members (excludes halogenated alkanes) is 1. The quantitative estimate of drug-likeness (QED) is 0.503. The summed E-state index contributed by atoms with van der Waals surface area (Å²) in [5.41, 5.74) is 9.46. The van der Waals surface area contributed by atoms with E-state index >= 15 is 0 Å². The number of para-hydroxylation sites is 1. The smallest absolute Gasteiger partial charge is 0.0705 e. The fourth-order valence-electron chi connectivity index (χ4n) is 2.60. The summed E-state index contributed by atoms with van der Waals surface area (Å²) in [6.45, 7) is 0.756. The molecule has 110 valence electrons. The molecule has 0 saturated heterocycles. The first-order valence-corrected chi connectivity index (χ1v) is 9.36. The van der Waals surface area contributed by atoms with Gasteiger partial charge in [-0.05, 0) is 81.4 Å². The summed E-state index contributed by atoms with van der Waals surface area (Å²) in [5, 5.41) is 1.31. The number of thiophene rings is 1. The van der Waals surface area contributed by atoms with E-state index in [0.717, 1.165) is 34.1 Å². The summed E-state index contributed by atoms with van der Waals surface area (Å²) in [6.07, 6.45) is 3.24. The fourth-order valence-corrected chi connectivity index (χ4v) is 4.48. The molecule has 0 aliphatic heterocycles.